The van der Waals surface area contributed by atoms with Gasteiger partial charge in [-0.25, -0.2) is 9.98 Å². The molecule has 0 radical (unpaired) electrons. The lowest BCUT2D eigenvalue weighted by Crippen LogP contribution is -2.00. The summed E-state index contributed by atoms with van der Waals surface area (Å²) in [5.74, 6) is 1.03. The van der Waals surface area contributed by atoms with Crippen LogP contribution < -0.4 is 11.1 Å². The first-order valence-corrected chi connectivity index (χ1v) is 7.77. The minimum atomic E-state index is -0.0817. The average molecular weight is 332 g/mol. The monoisotopic (exact) mass is 332 g/mol. The van der Waals surface area contributed by atoms with Gasteiger partial charge >= 0.3 is 0 Å². The molecule has 1 aromatic carbocycles. The molecule has 0 spiro atoms. The van der Waals surface area contributed by atoms with Crippen LogP contribution in [0.2, 0.25) is 0 Å². The van der Waals surface area contributed by atoms with Gasteiger partial charge in [0.2, 0.25) is 11.8 Å². The van der Waals surface area contributed by atoms with Gasteiger partial charge in [0.1, 0.15) is 5.69 Å². The fourth-order valence-corrected chi connectivity index (χ4v) is 2.60. The number of anilines is 2. The van der Waals surface area contributed by atoms with Crippen molar-refractivity contribution in [3.8, 4) is 5.88 Å². The van der Waals surface area contributed by atoms with Gasteiger partial charge in [0, 0.05) is 23.9 Å². The molecular weight excluding hydrogens is 316 g/mol. The molecule has 25 heavy (non-hydrogen) atoms. The number of fused-ring (bicyclic) bond motifs is 1. The summed E-state index contributed by atoms with van der Waals surface area (Å²) in [5, 5.41) is 13.2. The van der Waals surface area contributed by atoms with Gasteiger partial charge in [-0.3, -0.25) is 0 Å². The predicted molar refractivity (Wildman–Crippen MR) is 98.7 cm³/mol. The number of hydrogen-bond acceptors (Lipinski definition) is 6. The third kappa shape index (κ3) is 3.07. The largest absolute Gasteiger partial charge is 0.492 e. The van der Waals surface area contributed by atoms with E-state index in [-0.39, 0.29) is 5.88 Å². The van der Waals surface area contributed by atoms with Crippen LogP contribution in [0, 0.1) is 0 Å². The van der Waals surface area contributed by atoms with Gasteiger partial charge in [0.15, 0.2) is 5.82 Å². The first-order valence-electron chi connectivity index (χ1n) is 7.77. The van der Waals surface area contributed by atoms with E-state index in [4.69, 9.17) is 5.73 Å². The highest BCUT2D eigenvalue weighted by Crippen LogP contribution is 2.33. The van der Waals surface area contributed by atoms with E-state index in [9.17, 15) is 5.11 Å². The minimum absolute atomic E-state index is 0.0817. The number of benzene rings is 1. The highest BCUT2D eigenvalue weighted by molar-refractivity contribution is 6.21. The first kappa shape index (κ1) is 14.9. The lowest BCUT2D eigenvalue weighted by atomic mass is 10.1. The van der Waals surface area contributed by atoms with Crippen molar-refractivity contribution >= 4 is 35.3 Å². The van der Waals surface area contributed by atoms with Gasteiger partial charge in [-0.1, -0.05) is 30.3 Å². The maximum atomic E-state index is 10.1. The van der Waals surface area contributed by atoms with Crippen LogP contribution in [0.3, 0.4) is 0 Å². The third-order valence-corrected chi connectivity index (χ3v) is 3.84. The number of nitrogens with one attached hydrogen (secondary N) is 2. The second-order valence-electron chi connectivity index (χ2n) is 5.66. The lowest BCUT2D eigenvalue weighted by molar-refractivity contribution is 0.455. The molecule has 1 aliphatic rings. The molecule has 0 saturated heterocycles. The Balaban J connectivity index is 1.56. The van der Waals surface area contributed by atoms with Gasteiger partial charge in [0.25, 0.3) is 0 Å². The predicted octanol–water partition coefficient (Wildman–Crippen LogP) is 2.96. The molecule has 7 nitrogen and oxygen atoms in total. The molecule has 0 bridgehead atoms. The highest BCUT2D eigenvalue weighted by Gasteiger charge is 2.16. The molecule has 0 amide bonds. The fraction of sp³-hybridized carbons (Fsp3) is 0.0556. The second-order valence-corrected chi connectivity index (χ2v) is 5.66. The molecule has 0 aliphatic carbocycles. The summed E-state index contributed by atoms with van der Waals surface area (Å²) in [4.78, 5) is 15.6. The van der Waals surface area contributed by atoms with E-state index in [0.717, 1.165) is 16.7 Å². The van der Waals surface area contributed by atoms with Crippen molar-refractivity contribution in [1.29, 1.82) is 0 Å². The van der Waals surface area contributed by atoms with Crippen molar-refractivity contribution in [3.63, 3.8) is 0 Å². The summed E-state index contributed by atoms with van der Waals surface area (Å²) >= 11 is 0. The van der Waals surface area contributed by atoms with Crippen LogP contribution in [0.4, 0.5) is 17.5 Å². The van der Waals surface area contributed by atoms with E-state index >= 15 is 0 Å². The smallest absolute Gasteiger partial charge is 0.238 e. The number of aromatic amines is 1. The average Bonchev–Trinajstić information content (AvgIpc) is 3.18. The summed E-state index contributed by atoms with van der Waals surface area (Å²) < 4.78 is 0. The van der Waals surface area contributed by atoms with Crippen LogP contribution in [0.25, 0.3) is 11.6 Å². The number of nitrogen functional groups attached to an aromatic ring is 1. The van der Waals surface area contributed by atoms with Crippen LogP contribution in [0.15, 0.2) is 47.6 Å². The fourth-order valence-electron chi connectivity index (χ4n) is 2.60. The van der Waals surface area contributed by atoms with Gasteiger partial charge in [-0.15, -0.1) is 0 Å². The van der Waals surface area contributed by atoms with Crippen LogP contribution in [-0.4, -0.2) is 26.3 Å². The molecule has 124 valence electrons. The number of aromatic hydroxyl groups is 1. The minimum Gasteiger partial charge on any atom is -0.492 e. The van der Waals surface area contributed by atoms with Gasteiger partial charge in [-0.05, 0) is 17.7 Å². The Labute approximate surface area is 144 Å². The number of nitrogens with two attached hydrogens (primary N) is 1. The molecule has 1 aliphatic heterocycles. The van der Waals surface area contributed by atoms with E-state index in [0.29, 0.717) is 29.7 Å². The van der Waals surface area contributed by atoms with Crippen LogP contribution in [-0.2, 0) is 6.54 Å². The first-order chi connectivity index (χ1) is 12.2. The summed E-state index contributed by atoms with van der Waals surface area (Å²) in [7, 11) is 0. The summed E-state index contributed by atoms with van der Waals surface area (Å²) in [5.41, 5.74) is 9.60. The van der Waals surface area contributed by atoms with E-state index < -0.39 is 0 Å². The number of imidazole rings is 1. The number of H-pyrrole nitrogens is 1. The standard InChI is InChI=1S/C18H16N6O/c19-13-7-14-12(9-20-16(14)21-10-13)6-15-17(25)24-18(23-15)22-8-11-4-2-1-3-5-11/h1-7,9-10,25H,8,19H2,(H2,22,23,24)/b12-6-. The van der Waals surface area contributed by atoms with Crippen LogP contribution >= 0.6 is 0 Å². The van der Waals surface area contributed by atoms with Gasteiger partial charge < -0.3 is 21.1 Å². The summed E-state index contributed by atoms with van der Waals surface area (Å²) in [6, 6.07) is 11.8. The van der Waals surface area contributed by atoms with Crippen molar-refractivity contribution in [2.24, 2.45) is 4.99 Å². The number of allylic oxidation sites excluding steroid dienone is 1. The van der Waals surface area contributed by atoms with E-state index in [1.54, 1.807) is 18.5 Å². The zero-order valence-electron chi connectivity index (χ0n) is 13.3. The van der Waals surface area contributed by atoms with Crippen molar-refractivity contribution in [2.45, 2.75) is 6.54 Å². The Morgan fingerprint density at radius 1 is 1.24 bits per heavy atom. The maximum Gasteiger partial charge on any atom is 0.238 e. The number of rotatable bonds is 4. The Hall–Kier alpha value is -3.61. The molecule has 7 heteroatoms. The van der Waals surface area contributed by atoms with E-state index in [1.165, 1.54) is 0 Å². The van der Waals surface area contributed by atoms with Crippen molar-refractivity contribution < 1.29 is 5.11 Å². The molecular formula is C18H16N6O. The summed E-state index contributed by atoms with van der Waals surface area (Å²) in [6.45, 7) is 0.606. The molecule has 3 heterocycles. The number of pyridine rings is 1. The topological polar surface area (TPSA) is 112 Å². The Morgan fingerprint density at radius 3 is 2.92 bits per heavy atom. The Bertz CT molecular complexity index is 974. The van der Waals surface area contributed by atoms with Crippen molar-refractivity contribution in [2.75, 3.05) is 11.1 Å². The van der Waals surface area contributed by atoms with Gasteiger partial charge in [-0.2, -0.15) is 4.98 Å². The van der Waals surface area contributed by atoms with Crippen molar-refractivity contribution in [3.05, 3.63) is 59.4 Å². The molecule has 3 aromatic rings. The zero-order chi connectivity index (χ0) is 17.2. The molecule has 4 rings (SSSR count). The lowest BCUT2D eigenvalue weighted by Gasteiger charge is -2.02. The highest BCUT2D eigenvalue weighted by atomic mass is 16.3. The number of hydrogen-bond donors (Lipinski definition) is 4. The zero-order valence-corrected chi connectivity index (χ0v) is 13.3. The Kier molecular flexibility index (Phi) is 3.66. The SMILES string of the molecule is Nc1cnc2c(c1)/C(=C\c1[nH]c(NCc3ccccc3)nc1O)C=N2. The molecule has 2 aromatic heterocycles. The van der Waals surface area contributed by atoms with Gasteiger partial charge in [0.05, 0.1) is 11.9 Å². The van der Waals surface area contributed by atoms with Crippen molar-refractivity contribution in [1.82, 2.24) is 15.0 Å². The number of aliphatic imine (C=N–C) groups is 1. The van der Waals surface area contributed by atoms with E-state index in [1.807, 2.05) is 36.4 Å². The van der Waals surface area contributed by atoms with E-state index in [2.05, 4.69) is 25.3 Å². The second kappa shape index (κ2) is 6.12. The third-order valence-electron chi connectivity index (χ3n) is 3.84. The number of aromatic nitrogens is 3. The molecule has 0 atom stereocenters. The number of nitrogens with zero attached hydrogens (tertiary/aromatic N) is 3. The molecule has 0 saturated carbocycles. The normalized spacial score (nSPS) is 14.0. The maximum absolute atomic E-state index is 10.1. The Morgan fingerprint density at radius 2 is 2.08 bits per heavy atom. The molecule has 0 unspecified atom stereocenters. The molecule has 0 fully saturated rings. The van der Waals surface area contributed by atoms with Crippen LogP contribution in [0.5, 0.6) is 5.88 Å². The summed E-state index contributed by atoms with van der Waals surface area (Å²) in [6.07, 6.45) is 5.03. The quantitative estimate of drug-likeness (QED) is 0.587. The van der Waals surface area contributed by atoms with Crippen LogP contribution in [0.1, 0.15) is 16.8 Å². The molecule has 5 N–H and O–H groups in total.